The molecular weight excluding hydrogens is 246 g/mol. The van der Waals surface area contributed by atoms with Crippen LogP contribution in [0.3, 0.4) is 0 Å². The Bertz CT molecular complexity index is 456. The number of hydrogen-bond acceptors (Lipinski definition) is 2. The van der Waals surface area contributed by atoms with Crippen molar-refractivity contribution in [1.82, 2.24) is 0 Å². The lowest BCUT2D eigenvalue weighted by Gasteiger charge is -2.51. The van der Waals surface area contributed by atoms with E-state index in [9.17, 15) is 0 Å². The van der Waals surface area contributed by atoms with E-state index in [-0.39, 0.29) is 5.54 Å². The van der Waals surface area contributed by atoms with E-state index in [0.717, 1.165) is 12.4 Å². The zero-order chi connectivity index (χ0) is 14.2. The first-order valence-corrected chi connectivity index (χ1v) is 8.02. The molecule has 0 aromatic heterocycles. The maximum atomic E-state index is 6.37. The second-order valence-electron chi connectivity index (χ2n) is 7.38. The van der Waals surface area contributed by atoms with Gasteiger partial charge in [0.1, 0.15) is 5.75 Å². The Labute approximate surface area is 122 Å². The van der Waals surface area contributed by atoms with Gasteiger partial charge in [0.25, 0.3) is 0 Å². The van der Waals surface area contributed by atoms with Crippen molar-refractivity contribution in [2.45, 2.75) is 63.8 Å². The van der Waals surface area contributed by atoms with Gasteiger partial charge in [-0.1, -0.05) is 26.0 Å². The molecule has 4 rings (SSSR count). The predicted molar refractivity (Wildman–Crippen MR) is 83.1 cm³/mol. The first-order chi connectivity index (χ1) is 9.50. The standard InChI is InChI=1S/C18H27NO/c1-14(2)15-4-3-5-16(12-15)20-13-17-6-9-18(19,10-7-17)11-8-17/h3-5,12,14H,6-11,13,19H2,1-2H3. The lowest BCUT2D eigenvalue weighted by atomic mass is 9.58. The van der Waals surface area contributed by atoms with Crippen LogP contribution in [0.5, 0.6) is 5.75 Å². The highest BCUT2D eigenvalue weighted by molar-refractivity contribution is 5.30. The molecule has 0 amide bonds. The van der Waals surface area contributed by atoms with Crippen LogP contribution >= 0.6 is 0 Å². The molecule has 2 heteroatoms. The molecule has 1 aromatic carbocycles. The lowest BCUT2D eigenvalue weighted by Crippen LogP contribution is -2.53. The van der Waals surface area contributed by atoms with Crippen molar-refractivity contribution in [2.75, 3.05) is 6.61 Å². The molecule has 1 aromatic rings. The molecule has 3 aliphatic rings. The summed E-state index contributed by atoms with van der Waals surface area (Å²) < 4.78 is 6.15. The van der Waals surface area contributed by atoms with Crippen molar-refractivity contribution in [3.05, 3.63) is 29.8 Å². The molecule has 3 fully saturated rings. The smallest absolute Gasteiger partial charge is 0.119 e. The van der Waals surface area contributed by atoms with Crippen LogP contribution in [0.1, 0.15) is 63.9 Å². The van der Waals surface area contributed by atoms with Crippen LogP contribution in [-0.2, 0) is 0 Å². The van der Waals surface area contributed by atoms with Crippen LogP contribution in [0.4, 0.5) is 0 Å². The molecule has 3 aliphatic carbocycles. The summed E-state index contributed by atoms with van der Waals surface area (Å²) in [6.45, 7) is 5.31. The first kappa shape index (κ1) is 13.9. The van der Waals surface area contributed by atoms with Gasteiger partial charge >= 0.3 is 0 Å². The van der Waals surface area contributed by atoms with Crippen LogP contribution in [-0.4, -0.2) is 12.1 Å². The Balaban J connectivity index is 1.64. The summed E-state index contributed by atoms with van der Waals surface area (Å²) in [5.74, 6) is 1.58. The van der Waals surface area contributed by atoms with Gasteiger partial charge < -0.3 is 10.5 Å². The van der Waals surface area contributed by atoms with Gasteiger partial charge in [0, 0.05) is 11.0 Å². The summed E-state index contributed by atoms with van der Waals surface area (Å²) >= 11 is 0. The molecule has 0 unspecified atom stereocenters. The Morgan fingerprint density at radius 1 is 1.10 bits per heavy atom. The van der Waals surface area contributed by atoms with Gasteiger partial charge in [-0.05, 0) is 62.1 Å². The molecule has 0 heterocycles. The largest absolute Gasteiger partial charge is 0.493 e. The van der Waals surface area contributed by atoms with Gasteiger partial charge in [-0.3, -0.25) is 0 Å². The van der Waals surface area contributed by atoms with E-state index in [4.69, 9.17) is 10.5 Å². The quantitative estimate of drug-likeness (QED) is 0.890. The van der Waals surface area contributed by atoms with Crippen LogP contribution in [0.2, 0.25) is 0 Å². The fourth-order valence-corrected chi connectivity index (χ4v) is 3.71. The number of ether oxygens (including phenoxy) is 1. The minimum absolute atomic E-state index is 0.152. The molecule has 20 heavy (non-hydrogen) atoms. The summed E-state index contributed by atoms with van der Waals surface area (Å²) in [5, 5.41) is 0. The highest BCUT2D eigenvalue weighted by Crippen LogP contribution is 2.51. The average Bonchev–Trinajstić information content (AvgIpc) is 2.47. The topological polar surface area (TPSA) is 35.2 Å². The molecule has 0 spiro atoms. The SMILES string of the molecule is CC(C)c1cccc(OCC23CCC(N)(CC2)CC3)c1. The van der Waals surface area contributed by atoms with Crippen molar-refractivity contribution < 1.29 is 4.74 Å². The van der Waals surface area contributed by atoms with Crippen molar-refractivity contribution in [2.24, 2.45) is 11.1 Å². The summed E-state index contributed by atoms with van der Waals surface area (Å²) in [6, 6.07) is 8.57. The monoisotopic (exact) mass is 273 g/mol. The molecule has 2 bridgehead atoms. The molecule has 0 saturated heterocycles. The number of rotatable bonds is 4. The summed E-state index contributed by atoms with van der Waals surface area (Å²) in [5.41, 5.74) is 8.28. The van der Waals surface area contributed by atoms with E-state index in [0.29, 0.717) is 11.3 Å². The maximum Gasteiger partial charge on any atom is 0.119 e. The van der Waals surface area contributed by atoms with Gasteiger partial charge in [-0.25, -0.2) is 0 Å². The third-order valence-corrected chi connectivity index (χ3v) is 5.53. The minimum atomic E-state index is 0.152. The van der Waals surface area contributed by atoms with Crippen molar-refractivity contribution in [1.29, 1.82) is 0 Å². The summed E-state index contributed by atoms with van der Waals surface area (Å²) in [6.07, 6.45) is 7.28. The molecule has 3 saturated carbocycles. The van der Waals surface area contributed by atoms with E-state index in [1.54, 1.807) is 0 Å². The summed E-state index contributed by atoms with van der Waals surface area (Å²) in [7, 11) is 0. The van der Waals surface area contributed by atoms with Gasteiger partial charge in [-0.15, -0.1) is 0 Å². The summed E-state index contributed by atoms with van der Waals surface area (Å²) in [4.78, 5) is 0. The van der Waals surface area contributed by atoms with E-state index >= 15 is 0 Å². The first-order valence-electron chi connectivity index (χ1n) is 8.02. The normalized spacial score (nSPS) is 32.6. The van der Waals surface area contributed by atoms with Gasteiger partial charge in [0.2, 0.25) is 0 Å². The number of hydrogen-bond donors (Lipinski definition) is 1. The fraction of sp³-hybridized carbons (Fsp3) is 0.667. The van der Waals surface area contributed by atoms with Gasteiger partial charge in [-0.2, -0.15) is 0 Å². The lowest BCUT2D eigenvalue weighted by molar-refractivity contribution is 0.00530. The van der Waals surface area contributed by atoms with Crippen LogP contribution in [0.15, 0.2) is 24.3 Å². The third kappa shape index (κ3) is 2.71. The van der Waals surface area contributed by atoms with Crippen molar-refractivity contribution in [3.63, 3.8) is 0 Å². The second kappa shape index (κ2) is 5.07. The second-order valence-corrected chi connectivity index (χ2v) is 7.38. The van der Waals surface area contributed by atoms with Crippen molar-refractivity contribution >= 4 is 0 Å². The van der Waals surface area contributed by atoms with E-state index in [2.05, 4.69) is 38.1 Å². The molecule has 0 aliphatic heterocycles. The highest BCUT2D eigenvalue weighted by Gasteiger charge is 2.46. The van der Waals surface area contributed by atoms with Gasteiger partial charge in [0.05, 0.1) is 6.61 Å². The van der Waals surface area contributed by atoms with Crippen LogP contribution < -0.4 is 10.5 Å². The number of fused-ring (bicyclic) bond motifs is 3. The molecule has 2 N–H and O–H groups in total. The predicted octanol–water partition coefficient (Wildman–Crippen LogP) is 4.24. The Hall–Kier alpha value is -1.02. The average molecular weight is 273 g/mol. The number of nitrogens with two attached hydrogens (primary N) is 1. The Morgan fingerprint density at radius 3 is 2.35 bits per heavy atom. The highest BCUT2D eigenvalue weighted by atomic mass is 16.5. The van der Waals surface area contributed by atoms with Crippen LogP contribution in [0.25, 0.3) is 0 Å². The fourth-order valence-electron chi connectivity index (χ4n) is 3.71. The maximum absolute atomic E-state index is 6.37. The number of benzene rings is 1. The van der Waals surface area contributed by atoms with E-state index < -0.39 is 0 Å². The third-order valence-electron chi connectivity index (χ3n) is 5.53. The Kier molecular flexibility index (Phi) is 3.53. The molecule has 0 atom stereocenters. The zero-order valence-corrected chi connectivity index (χ0v) is 12.8. The van der Waals surface area contributed by atoms with Gasteiger partial charge in [0.15, 0.2) is 0 Å². The molecule has 2 nitrogen and oxygen atoms in total. The molecule has 0 radical (unpaired) electrons. The van der Waals surface area contributed by atoms with E-state index in [1.807, 2.05) is 0 Å². The van der Waals surface area contributed by atoms with E-state index in [1.165, 1.54) is 44.1 Å². The van der Waals surface area contributed by atoms with Crippen LogP contribution in [0, 0.1) is 5.41 Å². The zero-order valence-electron chi connectivity index (χ0n) is 12.8. The van der Waals surface area contributed by atoms with Crippen molar-refractivity contribution in [3.8, 4) is 5.75 Å². The minimum Gasteiger partial charge on any atom is -0.493 e. The molecule has 110 valence electrons. The molecular formula is C18H27NO. The Morgan fingerprint density at radius 2 is 1.75 bits per heavy atom.